The molecule has 0 bridgehead atoms. The van der Waals surface area contributed by atoms with Crippen LogP contribution in [0.2, 0.25) is 0 Å². The molecule has 0 aliphatic carbocycles. The van der Waals surface area contributed by atoms with Crippen molar-refractivity contribution in [3.8, 4) is 6.07 Å². The van der Waals surface area contributed by atoms with Gasteiger partial charge in [0.05, 0.1) is 11.6 Å². The summed E-state index contributed by atoms with van der Waals surface area (Å²) in [5.74, 6) is 1.68. The SMILES string of the molecule is Cc1cc(C#N)cc(N2CCCC(C)C2)n1. The third-order valence-corrected chi connectivity index (χ3v) is 3.05. The van der Waals surface area contributed by atoms with Crippen LogP contribution in [-0.4, -0.2) is 18.1 Å². The highest BCUT2D eigenvalue weighted by atomic mass is 15.2. The molecule has 1 unspecified atom stereocenters. The summed E-state index contributed by atoms with van der Waals surface area (Å²) in [5, 5.41) is 8.94. The summed E-state index contributed by atoms with van der Waals surface area (Å²) < 4.78 is 0. The molecule has 0 N–H and O–H groups in total. The van der Waals surface area contributed by atoms with E-state index in [0.29, 0.717) is 5.56 Å². The molecule has 3 nitrogen and oxygen atoms in total. The van der Waals surface area contributed by atoms with Crippen molar-refractivity contribution in [2.24, 2.45) is 5.92 Å². The molecular weight excluding hydrogens is 198 g/mol. The van der Waals surface area contributed by atoms with Gasteiger partial charge < -0.3 is 4.90 Å². The van der Waals surface area contributed by atoms with Crippen molar-refractivity contribution >= 4 is 5.82 Å². The van der Waals surface area contributed by atoms with E-state index < -0.39 is 0 Å². The van der Waals surface area contributed by atoms with Gasteiger partial charge in [0.2, 0.25) is 0 Å². The quantitative estimate of drug-likeness (QED) is 0.722. The third-order valence-electron chi connectivity index (χ3n) is 3.05. The molecule has 1 aromatic heterocycles. The summed E-state index contributed by atoms with van der Waals surface area (Å²) in [6.45, 7) is 6.33. The lowest BCUT2D eigenvalue weighted by Crippen LogP contribution is -2.34. The molecule has 0 amide bonds. The van der Waals surface area contributed by atoms with Crippen LogP contribution in [0.5, 0.6) is 0 Å². The largest absolute Gasteiger partial charge is 0.356 e. The molecule has 0 radical (unpaired) electrons. The standard InChI is InChI=1S/C13H17N3/c1-10-4-3-5-16(9-10)13-7-12(8-14)6-11(2)15-13/h6-7,10H,3-5,9H2,1-2H3. The number of hydrogen-bond acceptors (Lipinski definition) is 3. The summed E-state index contributed by atoms with van der Waals surface area (Å²) in [7, 11) is 0. The summed E-state index contributed by atoms with van der Waals surface area (Å²) in [6, 6.07) is 5.92. The van der Waals surface area contributed by atoms with Crippen molar-refractivity contribution in [3.05, 3.63) is 23.4 Å². The van der Waals surface area contributed by atoms with E-state index in [0.717, 1.165) is 30.5 Å². The van der Waals surface area contributed by atoms with E-state index in [4.69, 9.17) is 5.26 Å². The number of rotatable bonds is 1. The van der Waals surface area contributed by atoms with Gasteiger partial charge in [-0.1, -0.05) is 6.92 Å². The smallest absolute Gasteiger partial charge is 0.130 e. The first-order chi connectivity index (χ1) is 7.69. The molecule has 0 saturated carbocycles. The van der Waals surface area contributed by atoms with E-state index in [2.05, 4.69) is 22.9 Å². The number of piperidine rings is 1. The van der Waals surface area contributed by atoms with Crippen molar-refractivity contribution < 1.29 is 0 Å². The minimum atomic E-state index is 0.709. The Labute approximate surface area is 96.7 Å². The fraction of sp³-hybridized carbons (Fsp3) is 0.538. The zero-order valence-corrected chi connectivity index (χ0v) is 9.90. The van der Waals surface area contributed by atoms with Crippen LogP contribution >= 0.6 is 0 Å². The van der Waals surface area contributed by atoms with Gasteiger partial charge in [-0.2, -0.15) is 5.26 Å². The van der Waals surface area contributed by atoms with Crippen LogP contribution < -0.4 is 4.90 Å². The van der Waals surface area contributed by atoms with Gasteiger partial charge in [-0.3, -0.25) is 0 Å². The molecule has 1 aliphatic rings. The van der Waals surface area contributed by atoms with Gasteiger partial charge in [0.15, 0.2) is 0 Å². The lowest BCUT2D eigenvalue weighted by molar-refractivity contribution is 0.444. The molecule has 1 atom stereocenters. The molecule has 2 rings (SSSR count). The predicted molar refractivity (Wildman–Crippen MR) is 64.3 cm³/mol. The maximum absolute atomic E-state index is 8.94. The molecule has 16 heavy (non-hydrogen) atoms. The normalized spacial score (nSPS) is 20.6. The Morgan fingerprint density at radius 1 is 1.50 bits per heavy atom. The van der Waals surface area contributed by atoms with Crippen molar-refractivity contribution in [1.29, 1.82) is 5.26 Å². The van der Waals surface area contributed by atoms with Crippen molar-refractivity contribution in [2.45, 2.75) is 26.7 Å². The van der Waals surface area contributed by atoms with Gasteiger partial charge in [-0.25, -0.2) is 4.98 Å². The van der Waals surface area contributed by atoms with E-state index in [1.807, 2.05) is 19.1 Å². The third kappa shape index (κ3) is 2.33. The maximum Gasteiger partial charge on any atom is 0.130 e. The van der Waals surface area contributed by atoms with E-state index in [1.165, 1.54) is 12.8 Å². The van der Waals surface area contributed by atoms with Crippen LogP contribution in [0.3, 0.4) is 0 Å². The highest BCUT2D eigenvalue weighted by Gasteiger charge is 2.17. The number of aryl methyl sites for hydroxylation is 1. The van der Waals surface area contributed by atoms with Gasteiger partial charge in [0.25, 0.3) is 0 Å². The molecule has 0 aromatic carbocycles. The van der Waals surface area contributed by atoms with E-state index in [1.54, 1.807) is 0 Å². The average molecular weight is 215 g/mol. The molecule has 84 valence electrons. The molecule has 1 aliphatic heterocycles. The van der Waals surface area contributed by atoms with Gasteiger partial charge in [0, 0.05) is 18.8 Å². The first-order valence-electron chi connectivity index (χ1n) is 5.83. The van der Waals surface area contributed by atoms with E-state index >= 15 is 0 Å². The lowest BCUT2D eigenvalue weighted by atomic mass is 10.0. The molecule has 1 fully saturated rings. The zero-order chi connectivity index (χ0) is 11.5. The maximum atomic E-state index is 8.94. The summed E-state index contributed by atoms with van der Waals surface area (Å²) in [6.07, 6.45) is 2.52. The van der Waals surface area contributed by atoms with Crippen LogP contribution in [-0.2, 0) is 0 Å². The summed E-state index contributed by atoms with van der Waals surface area (Å²) in [4.78, 5) is 6.81. The monoisotopic (exact) mass is 215 g/mol. The van der Waals surface area contributed by atoms with Crippen LogP contribution in [0.15, 0.2) is 12.1 Å². The van der Waals surface area contributed by atoms with E-state index in [-0.39, 0.29) is 0 Å². The second-order valence-corrected chi connectivity index (χ2v) is 4.66. The number of aromatic nitrogens is 1. The number of anilines is 1. The first kappa shape index (κ1) is 10.9. The van der Waals surface area contributed by atoms with Gasteiger partial charge in [-0.05, 0) is 37.8 Å². The zero-order valence-electron chi connectivity index (χ0n) is 9.90. The number of nitrogens with zero attached hydrogens (tertiary/aromatic N) is 3. The molecule has 1 aromatic rings. The minimum Gasteiger partial charge on any atom is -0.356 e. The van der Waals surface area contributed by atoms with Crippen LogP contribution in [0, 0.1) is 24.2 Å². The molecule has 0 spiro atoms. The fourth-order valence-electron chi connectivity index (χ4n) is 2.28. The van der Waals surface area contributed by atoms with Crippen molar-refractivity contribution in [1.82, 2.24) is 4.98 Å². The average Bonchev–Trinajstić information content (AvgIpc) is 2.28. The van der Waals surface area contributed by atoms with Gasteiger partial charge in [-0.15, -0.1) is 0 Å². The number of nitriles is 1. The Morgan fingerprint density at radius 3 is 3.00 bits per heavy atom. The second kappa shape index (κ2) is 4.52. The van der Waals surface area contributed by atoms with E-state index in [9.17, 15) is 0 Å². The Morgan fingerprint density at radius 2 is 2.31 bits per heavy atom. The second-order valence-electron chi connectivity index (χ2n) is 4.66. The fourth-order valence-corrected chi connectivity index (χ4v) is 2.28. The predicted octanol–water partition coefficient (Wildman–Crippen LogP) is 2.50. The highest BCUT2D eigenvalue weighted by molar-refractivity contribution is 5.46. The van der Waals surface area contributed by atoms with Gasteiger partial charge >= 0.3 is 0 Å². The Kier molecular flexibility index (Phi) is 3.09. The van der Waals surface area contributed by atoms with Crippen LogP contribution in [0.1, 0.15) is 31.0 Å². The van der Waals surface area contributed by atoms with Crippen LogP contribution in [0.25, 0.3) is 0 Å². The molecular formula is C13H17N3. The van der Waals surface area contributed by atoms with Crippen molar-refractivity contribution in [3.63, 3.8) is 0 Å². The summed E-state index contributed by atoms with van der Waals surface area (Å²) >= 11 is 0. The van der Waals surface area contributed by atoms with Crippen LogP contribution in [0.4, 0.5) is 5.82 Å². The van der Waals surface area contributed by atoms with Crippen molar-refractivity contribution in [2.75, 3.05) is 18.0 Å². The number of pyridine rings is 1. The Bertz CT molecular complexity index is 420. The summed E-state index contributed by atoms with van der Waals surface area (Å²) in [5.41, 5.74) is 1.63. The van der Waals surface area contributed by atoms with Gasteiger partial charge in [0.1, 0.15) is 5.82 Å². The molecule has 1 saturated heterocycles. The topological polar surface area (TPSA) is 39.9 Å². The molecule has 2 heterocycles. The number of hydrogen-bond donors (Lipinski definition) is 0. The Balaban J connectivity index is 2.26. The highest BCUT2D eigenvalue weighted by Crippen LogP contribution is 2.22. The lowest BCUT2D eigenvalue weighted by Gasteiger charge is -2.32. The minimum absolute atomic E-state index is 0.709. The Hall–Kier alpha value is -1.56. The molecule has 3 heteroatoms. The first-order valence-corrected chi connectivity index (χ1v) is 5.83.